The van der Waals surface area contributed by atoms with Gasteiger partial charge < -0.3 is 15.4 Å². The van der Waals surface area contributed by atoms with Crippen LogP contribution in [0.1, 0.15) is 53.4 Å². The minimum absolute atomic E-state index is 0.280. The van der Waals surface area contributed by atoms with Crippen LogP contribution in [0.5, 0.6) is 0 Å². The van der Waals surface area contributed by atoms with Crippen LogP contribution in [-0.2, 0) is 9.53 Å². The molecule has 1 fully saturated rings. The number of esters is 1. The van der Waals surface area contributed by atoms with Crippen molar-refractivity contribution in [3.63, 3.8) is 0 Å². The van der Waals surface area contributed by atoms with Crippen molar-refractivity contribution in [3.05, 3.63) is 0 Å². The van der Waals surface area contributed by atoms with Crippen LogP contribution in [0.25, 0.3) is 0 Å². The van der Waals surface area contributed by atoms with E-state index in [1.165, 1.54) is 19.5 Å². The van der Waals surface area contributed by atoms with Crippen LogP contribution in [0, 0.1) is 5.41 Å². The van der Waals surface area contributed by atoms with Crippen LogP contribution in [0.15, 0.2) is 0 Å². The van der Waals surface area contributed by atoms with E-state index in [0.29, 0.717) is 18.4 Å². The Morgan fingerprint density at radius 1 is 1.42 bits per heavy atom. The molecule has 1 aliphatic rings. The van der Waals surface area contributed by atoms with E-state index in [-0.39, 0.29) is 5.97 Å². The van der Waals surface area contributed by atoms with Crippen molar-refractivity contribution in [2.75, 3.05) is 26.2 Å². The highest BCUT2D eigenvalue weighted by Crippen LogP contribution is 2.28. The number of rotatable bonds is 7. The summed E-state index contributed by atoms with van der Waals surface area (Å²) in [6.07, 6.45) is 4.05. The number of unbranched alkanes of at least 4 members (excludes halogenated alkanes) is 1. The van der Waals surface area contributed by atoms with Crippen molar-refractivity contribution in [3.8, 4) is 0 Å². The van der Waals surface area contributed by atoms with Crippen molar-refractivity contribution in [1.82, 2.24) is 4.90 Å². The summed E-state index contributed by atoms with van der Waals surface area (Å²) in [5.41, 5.74) is 5.63. The molecule has 0 spiro atoms. The van der Waals surface area contributed by atoms with Gasteiger partial charge in [0.15, 0.2) is 0 Å². The Morgan fingerprint density at radius 3 is 2.63 bits per heavy atom. The average molecular weight is 270 g/mol. The van der Waals surface area contributed by atoms with Crippen LogP contribution >= 0.6 is 0 Å². The third kappa shape index (κ3) is 5.49. The molecule has 1 aliphatic heterocycles. The second-order valence-corrected chi connectivity index (χ2v) is 6.79. The molecule has 0 bridgehead atoms. The first-order valence-corrected chi connectivity index (χ1v) is 7.45. The lowest BCUT2D eigenvalue weighted by molar-refractivity contribution is -0.149. The molecule has 0 radical (unpaired) electrons. The topological polar surface area (TPSA) is 55.6 Å². The second kappa shape index (κ2) is 6.71. The Bertz CT molecular complexity index is 301. The number of hydrogen-bond acceptors (Lipinski definition) is 4. The van der Waals surface area contributed by atoms with Crippen LogP contribution in [0.4, 0.5) is 0 Å². The van der Waals surface area contributed by atoms with Gasteiger partial charge in [-0.25, -0.2) is 0 Å². The Hall–Kier alpha value is -0.610. The van der Waals surface area contributed by atoms with E-state index < -0.39 is 5.54 Å². The highest BCUT2D eigenvalue weighted by atomic mass is 16.5. The summed E-state index contributed by atoms with van der Waals surface area (Å²) in [6.45, 7) is 12.1. The standard InChI is InChI=1S/C15H30N2O2/c1-5-19-13(18)15(4,16)8-6-7-10-17-11-9-14(2,3)12-17/h5-12,16H2,1-4H3. The molecule has 112 valence electrons. The summed E-state index contributed by atoms with van der Waals surface area (Å²) in [5, 5.41) is 0. The predicted molar refractivity (Wildman–Crippen MR) is 77.9 cm³/mol. The molecule has 0 aromatic heterocycles. The fourth-order valence-corrected chi connectivity index (χ4v) is 2.64. The molecule has 1 rings (SSSR count). The van der Waals surface area contributed by atoms with Crippen LogP contribution in [0.2, 0.25) is 0 Å². The molecular weight excluding hydrogens is 240 g/mol. The molecule has 4 heteroatoms. The molecule has 0 saturated carbocycles. The van der Waals surface area contributed by atoms with Gasteiger partial charge in [-0.2, -0.15) is 0 Å². The maximum Gasteiger partial charge on any atom is 0.325 e. The smallest absolute Gasteiger partial charge is 0.325 e. The fourth-order valence-electron chi connectivity index (χ4n) is 2.64. The highest BCUT2D eigenvalue weighted by Gasteiger charge is 2.30. The lowest BCUT2D eigenvalue weighted by Crippen LogP contribution is -2.46. The largest absolute Gasteiger partial charge is 0.465 e. The monoisotopic (exact) mass is 270 g/mol. The molecule has 1 unspecified atom stereocenters. The molecule has 1 heterocycles. The van der Waals surface area contributed by atoms with Gasteiger partial charge in [0.25, 0.3) is 0 Å². The van der Waals surface area contributed by atoms with Crippen LogP contribution in [0.3, 0.4) is 0 Å². The van der Waals surface area contributed by atoms with Crippen molar-refractivity contribution in [1.29, 1.82) is 0 Å². The summed E-state index contributed by atoms with van der Waals surface area (Å²) in [6, 6.07) is 0. The molecule has 0 aromatic carbocycles. The van der Waals surface area contributed by atoms with E-state index >= 15 is 0 Å². The predicted octanol–water partition coefficient (Wildman–Crippen LogP) is 2.17. The molecule has 0 aromatic rings. The molecule has 1 atom stereocenters. The van der Waals surface area contributed by atoms with E-state index in [2.05, 4.69) is 18.7 Å². The van der Waals surface area contributed by atoms with Crippen molar-refractivity contribution >= 4 is 5.97 Å². The lowest BCUT2D eigenvalue weighted by Gasteiger charge is -2.23. The first-order chi connectivity index (χ1) is 8.77. The van der Waals surface area contributed by atoms with Gasteiger partial charge in [-0.15, -0.1) is 0 Å². The van der Waals surface area contributed by atoms with Crippen LogP contribution in [-0.4, -0.2) is 42.6 Å². The molecule has 0 aliphatic carbocycles. The van der Waals surface area contributed by atoms with E-state index in [1.54, 1.807) is 6.92 Å². The Balaban J connectivity index is 2.18. The summed E-state index contributed by atoms with van der Waals surface area (Å²) in [4.78, 5) is 14.2. The van der Waals surface area contributed by atoms with Gasteiger partial charge in [-0.3, -0.25) is 4.79 Å². The maximum absolute atomic E-state index is 11.6. The maximum atomic E-state index is 11.6. The van der Waals surface area contributed by atoms with Crippen molar-refractivity contribution in [2.45, 2.75) is 58.9 Å². The quantitative estimate of drug-likeness (QED) is 0.569. The van der Waals surface area contributed by atoms with Gasteiger partial charge in [-0.1, -0.05) is 13.8 Å². The summed E-state index contributed by atoms with van der Waals surface area (Å²) in [7, 11) is 0. The normalized spacial score (nSPS) is 22.2. The first-order valence-electron chi connectivity index (χ1n) is 7.45. The molecule has 2 N–H and O–H groups in total. The number of likely N-dealkylation sites (tertiary alicyclic amines) is 1. The number of carbonyl (C=O) groups is 1. The van der Waals surface area contributed by atoms with Gasteiger partial charge in [0.05, 0.1) is 6.61 Å². The van der Waals surface area contributed by atoms with Gasteiger partial charge in [-0.05, 0) is 58.0 Å². The lowest BCUT2D eigenvalue weighted by atomic mass is 9.93. The summed E-state index contributed by atoms with van der Waals surface area (Å²) in [5.74, 6) is -0.280. The zero-order valence-corrected chi connectivity index (χ0v) is 13.0. The van der Waals surface area contributed by atoms with Gasteiger partial charge in [0.2, 0.25) is 0 Å². The Labute approximate surface area is 117 Å². The Kier molecular flexibility index (Phi) is 5.81. The molecule has 4 nitrogen and oxygen atoms in total. The minimum Gasteiger partial charge on any atom is -0.465 e. The van der Waals surface area contributed by atoms with Crippen LogP contribution < -0.4 is 5.73 Å². The van der Waals surface area contributed by atoms with Crippen molar-refractivity contribution in [2.24, 2.45) is 11.1 Å². The fraction of sp³-hybridized carbons (Fsp3) is 0.933. The third-order valence-corrected chi connectivity index (χ3v) is 3.92. The third-order valence-electron chi connectivity index (χ3n) is 3.92. The van der Waals surface area contributed by atoms with Crippen molar-refractivity contribution < 1.29 is 9.53 Å². The first kappa shape index (κ1) is 16.4. The molecule has 0 amide bonds. The zero-order valence-electron chi connectivity index (χ0n) is 13.0. The number of nitrogens with two attached hydrogens (primary N) is 1. The van der Waals surface area contributed by atoms with E-state index in [9.17, 15) is 4.79 Å². The van der Waals surface area contributed by atoms with E-state index in [4.69, 9.17) is 10.5 Å². The van der Waals surface area contributed by atoms with E-state index in [1.807, 2.05) is 6.92 Å². The zero-order chi connectivity index (χ0) is 14.5. The molecule has 19 heavy (non-hydrogen) atoms. The van der Waals surface area contributed by atoms with Gasteiger partial charge in [0, 0.05) is 6.54 Å². The number of ether oxygens (including phenoxy) is 1. The molecule has 1 saturated heterocycles. The van der Waals surface area contributed by atoms with Gasteiger partial charge >= 0.3 is 5.97 Å². The second-order valence-electron chi connectivity index (χ2n) is 6.79. The number of hydrogen-bond donors (Lipinski definition) is 1. The Morgan fingerprint density at radius 2 is 2.11 bits per heavy atom. The summed E-state index contributed by atoms with van der Waals surface area (Å²) < 4.78 is 4.99. The molecular formula is C15H30N2O2. The van der Waals surface area contributed by atoms with E-state index in [0.717, 1.165) is 19.4 Å². The SMILES string of the molecule is CCOC(=O)C(C)(N)CCCCN1CCC(C)(C)C1. The minimum atomic E-state index is -0.833. The van der Waals surface area contributed by atoms with Gasteiger partial charge in [0.1, 0.15) is 5.54 Å². The highest BCUT2D eigenvalue weighted by molar-refractivity contribution is 5.79. The average Bonchev–Trinajstić information content (AvgIpc) is 2.65. The summed E-state index contributed by atoms with van der Waals surface area (Å²) >= 11 is 0. The number of carbonyl (C=O) groups excluding carboxylic acids is 1. The number of nitrogens with zero attached hydrogens (tertiary/aromatic N) is 1.